The molecule has 1 rings (SSSR count). The van der Waals surface area contributed by atoms with Crippen molar-refractivity contribution in [1.82, 2.24) is 0 Å². The normalized spacial score (nSPS) is 11.5. The fraction of sp³-hybridized carbons (Fsp3) is 0.632. The highest BCUT2D eigenvalue weighted by Gasteiger charge is 2.23. The molecule has 0 aliphatic rings. The van der Waals surface area contributed by atoms with Crippen LogP contribution in [0.15, 0.2) is 24.3 Å². The summed E-state index contributed by atoms with van der Waals surface area (Å²) >= 11 is 0. The van der Waals surface area contributed by atoms with E-state index in [1.54, 1.807) is 19.2 Å². The largest absolute Gasteiger partial charge is 0.456 e. The van der Waals surface area contributed by atoms with E-state index >= 15 is 0 Å². The molecular weight excluding hydrogens is 290 g/mol. The van der Waals surface area contributed by atoms with Crippen LogP contribution in [0.4, 0.5) is 0 Å². The van der Waals surface area contributed by atoms with Gasteiger partial charge in [-0.3, -0.25) is 0 Å². The standard InChI is InChI=1S/C19H32NO3/c1-5-12-20(7-3,13-6-2)14-15-23-19(21)18-10-8-17(9-11-18)16-22-4/h8-11H,5-7,12-16H2,1-4H3/q+1. The Morgan fingerprint density at radius 1 is 1.00 bits per heavy atom. The molecule has 4 nitrogen and oxygen atoms in total. The number of carbonyl (C=O) groups excluding carboxylic acids is 1. The average Bonchev–Trinajstić information content (AvgIpc) is 2.56. The Labute approximate surface area is 141 Å². The van der Waals surface area contributed by atoms with Gasteiger partial charge in [0.05, 0.1) is 31.8 Å². The number of hydrogen-bond acceptors (Lipinski definition) is 3. The molecule has 0 heterocycles. The molecule has 130 valence electrons. The summed E-state index contributed by atoms with van der Waals surface area (Å²) in [5, 5.41) is 0. The summed E-state index contributed by atoms with van der Waals surface area (Å²) in [5.41, 5.74) is 1.65. The lowest BCUT2D eigenvalue weighted by molar-refractivity contribution is -0.926. The number of methoxy groups -OCH3 is 1. The molecule has 0 radical (unpaired) electrons. The van der Waals surface area contributed by atoms with Crippen LogP contribution >= 0.6 is 0 Å². The predicted molar refractivity (Wildman–Crippen MR) is 93.4 cm³/mol. The highest BCUT2D eigenvalue weighted by molar-refractivity contribution is 5.89. The second-order valence-corrected chi connectivity index (χ2v) is 6.09. The Kier molecular flexibility index (Phi) is 8.89. The monoisotopic (exact) mass is 322 g/mol. The second kappa shape index (κ2) is 10.4. The van der Waals surface area contributed by atoms with Crippen LogP contribution in [0.3, 0.4) is 0 Å². The van der Waals surface area contributed by atoms with Gasteiger partial charge >= 0.3 is 5.97 Å². The summed E-state index contributed by atoms with van der Waals surface area (Å²) in [6.45, 7) is 12.0. The van der Waals surface area contributed by atoms with Gasteiger partial charge in [0, 0.05) is 7.11 Å². The third kappa shape index (κ3) is 6.32. The molecule has 0 spiro atoms. The highest BCUT2D eigenvalue weighted by atomic mass is 16.5. The number of benzene rings is 1. The number of hydrogen-bond donors (Lipinski definition) is 0. The van der Waals surface area contributed by atoms with Crippen LogP contribution in [0.2, 0.25) is 0 Å². The molecule has 0 unspecified atom stereocenters. The van der Waals surface area contributed by atoms with Crippen LogP contribution < -0.4 is 0 Å². The molecule has 0 saturated heterocycles. The molecule has 0 fully saturated rings. The molecule has 0 aliphatic carbocycles. The molecule has 0 aliphatic heterocycles. The van der Waals surface area contributed by atoms with Crippen molar-refractivity contribution >= 4 is 5.97 Å². The summed E-state index contributed by atoms with van der Waals surface area (Å²) in [7, 11) is 1.66. The van der Waals surface area contributed by atoms with E-state index in [9.17, 15) is 4.79 Å². The number of quaternary nitrogens is 1. The topological polar surface area (TPSA) is 35.5 Å². The number of ether oxygens (including phenoxy) is 2. The van der Waals surface area contributed by atoms with Crippen LogP contribution in [0.5, 0.6) is 0 Å². The minimum atomic E-state index is -0.240. The van der Waals surface area contributed by atoms with Crippen molar-refractivity contribution in [3.63, 3.8) is 0 Å². The summed E-state index contributed by atoms with van der Waals surface area (Å²) < 4.78 is 11.6. The van der Waals surface area contributed by atoms with Crippen molar-refractivity contribution in [3.8, 4) is 0 Å². The average molecular weight is 322 g/mol. The number of esters is 1. The van der Waals surface area contributed by atoms with Gasteiger partial charge in [0.15, 0.2) is 0 Å². The van der Waals surface area contributed by atoms with E-state index in [1.807, 2.05) is 12.1 Å². The zero-order chi connectivity index (χ0) is 17.1. The Balaban J connectivity index is 2.53. The van der Waals surface area contributed by atoms with Gasteiger partial charge in [0.2, 0.25) is 0 Å². The molecule has 0 amide bonds. The van der Waals surface area contributed by atoms with Crippen molar-refractivity contribution in [2.45, 2.75) is 40.2 Å². The Hall–Kier alpha value is -1.39. The molecule has 4 heteroatoms. The van der Waals surface area contributed by atoms with Gasteiger partial charge in [-0.1, -0.05) is 26.0 Å². The number of likely N-dealkylation sites (N-methyl/N-ethyl adjacent to an activating group) is 1. The van der Waals surface area contributed by atoms with Crippen LogP contribution in [0.25, 0.3) is 0 Å². The molecule has 0 bridgehead atoms. The first kappa shape index (κ1) is 19.7. The first-order valence-electron chi connectivity index (χ1n) is 8.70. The lowest BCUT2D eigenvalue weighted by Gasteiger charge is -2.37. The number of carbonyl (C=O) groups is 1. The SMILES string of the molecule is CCC[N+](CC)(CCC)CCOC(=O)c1ccc(COC)cc1. The summed E-state index contributed by atoms with van der Waals surface area (Å²) in [5.74, 6) is -0.240. The number of rotatable bonds is 11. The third-order valence-corrected chi connectivity index (χ3v) is 4.37. The van der Waals surface area contributed by atoms with E-state index in [1.165, 1.54) is 0 Å². The quantitative estimate of drug-likeness (QED) is 0.461. The molecule has 23 heavy (non-hydrogen) atoms. The first-order valence-corrected chi connectivity index (χ1v) is 8.70. The first-order chi connectivity index (χ1) is 11.1. The molecule has 0 N–H and O–H groups in total. The molecule has 1 aromatic carbocycles. The van der Waals surface area contributed by atoms with Crippen LogP contribution in [0, 0.1) is 0 Å². The van der Waals surface area contributed by atoms with Crippen LogP contribution in [-0.2, 0) is 16.1 Å². The molecule has 1 aromatic rings. The maximum absolute atomic E-state index is 12.1. The lowest BCUT2D eigenvalue weighted by atomic mass is 10.1. The summed E-state index contributed by atoms with van der Waals surface area (Å²) in [4.78, 5) is 12.1. The van der Waals surface area contributed by atoms with Gasteiger partial charge in [0.1, 0.15) is 13.2 Å². The molecule has 0 saturated carbocycles. The fourth-order valence-corrected chi connectivity index (χ4v) is 3.08. The van der Waals surface area contributed by atoms with Crippen molar-refractivity contribution in [2.75, 3.05) is 39.9 Å². The van der Waals surface area contributed by atoms with Crippen LogP contribution in [-0.4, -0.2) is 50.3 Å². The lowest BCUT2D eigenvalue weighted by Crippen LogP contribution is -2.51. The van der Waals surface area contributed by atoms with Gasteiger partial charge in [-0.05, 0) is 37.5 Å². The van der Waals surface area contributed by atoms with Gasteiger partial charge in [-0.25, -0.2) is 4.79 Å². The van der Waals surface area contributed by atoms with E-state index in [0.29, 0.717) is 18.8 Å². The van der Waals surface area contributed by atoms with E-state index in [4.69, 9.17) is 9.47 Å². The summed E-state index contributed by atoms with van der Waals surface area (Å²) in [6.07, 6.45) is 2.31. The van der Waals surface area contributed by atoms with Crippen molar-refractivity contribution < 1.29 is 18.8 Å². The van der Waals surface area contributed by atoms with Crippen LogP contribution in [0.1, 0.15) is 49.5 Å². The van der Waals surface area contributed by atoms with Gasteiger partial charge < -0.3 is 14.0 Å². The number of nitrogens with zero attached hydrogens (tertiary/aromatic N) is 1. The fourth-order valence-electron chi connectivity index (χ4n) is 3.08. The van der Waals surface area contributed by atoms with Crippen molar-refractivity contribution in [1.29, 1.82) is 0 Å². The Bertz CT molecular complexity index is 450. The molecular formula is C19H32NO3+. The van der Waals surface area contributed by atoms with E-state index in [-0.39, 0.29) is 5.97 Å². The minimum absolute atomic E-state index is 0.240. The van der Waals surface area contributed by atoms with E-state index in [2.05, 4.69) is 20.8 Å². The molecule has 0 atom stereocenters. The minimum Gasteiger partial charge on any atom is -0.456 e. The van der Waals surface area contributed by atoms with Gasteiger partial charge in [0.25, 0.3) is 0 Å². The maximum Gasteiger partial charge on any atom is 0.338 e. The van der Waals surface area contributed by atoms with E-state index in [0.717, 1.165) is 49.1 Å². The van der Waals surface area contributed by atoms with Gasteiger partial charge in [-0.2, -0.15) is 0 Å². The Morgan fingerprint density at radius 2 is 1.61 bits per heavy atom. The predicted octanol–water partition coefficient (Wildman–Crippen LogP) is 3.65. The zero-order valence-corrected chi connectivity index (χ0v) is 15.1. The van der Waals surface area contributed by atoms with Gasteiger partial charge in [-0.15, -0.1) is 0 Å². The van der Waals surface area contributed by atoms with Crippen molar-refractivity contribution in [3.05, 3.63) is 35.4 Å². The maximum atomic E-state index is 12.1. The highest BCUT2D eigenvalue weighted by Crippen LogP contribution is 2.11. The Morgan fingerprint density at radius 3 is 2.09 bits per heavy atom. The third-order valence-electron chi connectivity index (χ3n) is 4.37. The molecule has 0 aromatic heterocycles. The smallest absolute Gasteiger partial charge is 0.338 e. The second-order valence-electron chi connectivity index (χ2n) is 6.09. The zero-order valence-electron chi connectivity index (χ0n) is 15.1. The summed E-state index contributed by atoms with van der Waals surface area (Å²) in [6, 6.07) is 7.41. The van der Waals surface area contributed by atoms with E-state index < -0.39 is 0 Å². The van der Waals surface area contributed by atoms with Crippen molar-refractivity contribution in [2.24, 2.45) is 0 Å².